The van der Waals surface area contributed by atoms with Crippen LogP contribution in [0.15, 0.2) is 94.6 Å². The van der Waals surface area contributed by atoms with Gasteiger partial charge in [-0.15, -0.1) is 22.7 Å². The van der Waals surface area contributed by atoms with Crippen LogP contribution in [0, 0.1) is 23.7 Å². The normalized spacial score (nSPS) is 20.6. The molecular formula is C81H86F3N15O10S2. The second kappa shape index (κ2) is 30.2. The highest BCUT2D eigenvalue weighted by atomic mass is 32.1. The number of aromatic nitrogens is 9. The molecule has 2 saturated carbocycles. The quantitative estimate of drug-likeness (QED) is 0.0364. The number of fused-ring (bicyclic) bond motifs is 4. The molecule has 0 bridgehead atoms. The number of hydrogen-bond donors (Lipinski definition) is 6. The molecule has 111 heavy (non-hydrogen) atoms. The van der Waals surface area contributed by atoms with Crippen molar-refractivity contribution in [2.75, 3.05) is 50.4 Å². The van der Waals surface area contributed by atoms with Crippen molar-refractivity contribution in [2.45, 2.75) is 165 Å². The minimum absolute atomic E-state index is 0.135. The van der Waals surface area contributed by atoms with Crippen molar-refractivity contribution in [3.05, 3.63) is 156 Å². The van der Waals surface area contributed by atoms with Crippen LogP contribution in [0.4, 0.5) is 24.5 Å². The van der Waals surface area contributed by atoms with E-state index in [1.165, 1.54) is 68.6 Å². The fourth-order valence-corrected chi connectivity index (χ4v) is 19.4. The first-order valence-corrected chi connectivity index (χ1v) is 39.4. The number of hydrogen-bond acceptors (Lipinski definition) is 19. The average Bonchev–Trinajstić information content (AvgIpc) is 1.53. The molecule has 0 radical (unpaired) electrons. The Morgan fingerprint density at radius 1 is 0.622 bits per heavy atom. The van der Waals surface area contributed by atoms with E-state index in [9.17, 15) is 61.7 Å². The molecule has 0 spiro atoms. The number of piperidine rings is 3. The molecule has 2 atom stereocenters. The van der Waals surface area contributed by atoms with Crippen LogP contribution in [0.5, 0.6) is 0 Å². The van der Waals surface area contributed by atoms with Gasteiger partial charge in [-0.25, -0.2) is 29.5 Å². The van der Waals surface area contributed by atoms with Crippen molar-refractivity contribution in [2.24, 2.45) is 25.9 Å². The number of anilines is 2. The number of nitrogens with one attached hydrogen (secondary N) is 4. The Balaban J connectivity index is 0.587. The van der Waals surface area contributed by atoms with E-state index in [0.29, 0.717) is 61.8 Å². The molecule has 2 unspecified atom stereocenters. The summed E-state index contributed by atoms with van der Waals surface area (Å²) in [5.74, 6) is 2.75. The van der Waals surface area contributed by atoms with Crippen molar-refractivity contribution < 1.29 is 52.2 Å². The van der Waals surface area contributed by atoms with Crippen LogP contribution in [-0.4, -0.2) is 138 Å². The van der Waals surface area contributed by atoms with Gasteiger partial charge in [-0.3, -0.25) is 67.6 Å². The molecule has 5 fully saturated rings. The number of carbonyl (C=O) groups is 6. The molecule has 5 aliphatic rings. The molecule has 30 heteroatoms. The first-order valence-electron chi connectivity index (χ1n) is 37.8. The van der Waals surface area contributed by atoms with Gasteiger partial charge < -0.3 is 25.7 Å². The van der Waals surface area contributed by atoms with Crippen LogP contribution in [0.1, 0.15) is 206 Å². The van der Waals surface area contributed by atoms with E-state index in [2.05, 4.69) is 63.9 Å². The summed E-state index contributed by atoms with van der Waals surface area (Å²) in [6.45, 7) is 10.2. The zero-order chi connectivity index (χ0) is 78.3. The number of nitrogens with zero attached hydrogens (tertiary/aromatic N) is 11. The van der Waals surface area contributed by atoms with Gasteiger partial charge >= 0.3 is 17.6 Å². The summed E-state index contributed by atoms with van der Waals surface area (Å²) >= 11 is 2.95. The molecule has 4 aromatic carbocycles. The maximum Gasteiger partial charge on any atom is 0.451 e. The lowest BCUT2D eigenvalue weighted by Gasteiger charge is -2.36. The van der Waals surface area contributed by atoms with E-state index in [1.807, 2.05) is 25.2 Å². The molecule has 10 aromatic rings. The molecule has 6 amide bonds. The van der Waals surface area contributed by atoms with Gasteiger partial charge in [0.25, 0.3) is 11.8 Å². The van der Waals surface area contributed by atoms with Crippen LogP contribution in [0.2, 0.25) is 0 Å². The van der Waals surface area contributed by atoms with Gasteiger partial charge in [0.05, 0.1) is 81.5 Å². The standard InChI is InChI=1S/C81H86F3N15O10S2/c1-79(2,108)51-36-56-63(110-75(88-56)48-24-20-44(21-25-48)42-97-34-30-45(31-35-97)49-14-9-17-60-69(49)96(7)78(107)99(60)62-27-29-66(101)93-72(62)104)39-54(51)86-70(102)58-38-53(90-76(91-58)81(82,83)84)50-15-10-32-85-67(50)73(105)87-55-40-64-57(37-52(55)80(3,4)109)89-74(111-64)47-22-18-43(19-23-47)41-94(5)33-11-13-46-12-8-16-59-68(46)95(6)77(106)98(59)61-26-28-65(100)92-71(61)103/h8-10,12,14-17,32,36-40,43-45,47-48,61-62,108-109H,18-31,33-35,41-42H2,1-7H3,(H,86,102)(H,87,105)(H,92,100,103)(H,93,101,104). The van der Waals surface area contributed by atoms with E-state index < -0.39 is 70.3 Å². The molecule has 9 heterocycles. The third kappa shape index (κ3) is 15.4. The lowest BCUT2D eigenvalue weighted by Crippen LogP contribution is -2.44. The topological polar surface area (TPSA) is 316 Å². The summed E-state index contributed by atoms with van der Waals surface area (Å²) in [6.07, 6.45) is 6.19. The highest BCUT2D eigenvalue weighted by molar-refractivity contribution is 7.19. The number of para-hydroxylation sites is 2. The van der Waals surface area contributed by atoms with Gasteiger partial charge in [-0.2, -0.15) is 13.2 Å². The minimum Gasteiger partial charge on any atom is -0.386 e. The van der Waals surface area contributed by atoms with Gasteiger partial charge in [0, 0.05) is 86.1 Å². The number of benzene rings is 4. The number of carbonyl (C=O) groups excluding carboxylic acids is 6. The fraction of sp³-hybridized carbons (Fsp3) is 0.444. The Morgan fingerprint density at radius 3 is 1.70 bits per heavy atom. The third-order valence-electron chi connectivity index (χ3n) is 22.8. The maximum atomic E-state index is 14.9. The van der Waals surface area contributed by atoms with Gasteiger partial charge in [0.1, 0.15) is 23.5 Å². The number of aryl methyl sites for hydroxylation is 2. The number of imide groups is 2. The molecule has 578 valence electrons. The number of rotatable bonds is 17. The smallest absolute Gasteiger partial charge is 0.386 e. The van der Waals surface area contributed by atoms with Crippen molar-refractivity contribution in [3.63, 3.8) is 0 Å². The van der Waals surface area contributed by atoms with Crippen LogP contribution in [-0.2, 0) is 50.7 Å². The number of aliphatic hydroxyl groups is 2. The molecule has 25 nitrogen and oxygen atoms in total. The number of pyridine rings is 1. The van der Waals surface area contributed by atoms with Crippen molar-refractivity contribution in [3.8, 4) is 23.1 Å². The van der Waals surface area contributed by atoms with Crippen molar-refractivity contribution >= 4 is 112 Å². The Morgan fingerprint density at radius 2 is 1.15 bits per heavy atom. The largest absolute Gasteiger partial charge is 0.451 e. The van der Waals surface area contributed by atoms with E-state index in [4.69, 9.17) is 9.97 Å². The van der Waals surface area contributed by atoms with Gasteiger partial charge in [0.2, 0.25) is 29.5 Å². The molecule has 6 N–H and O–H groups in total. The first-order chi connectivity index (χ1) is 52.9. The van der Waals surface area contributed by atoms with Crippen LogP contribution in [0.25, 0.3) is 53.8 Å². The predicted octanol–water partition coefficient (Wildman–Crippen LogP) is 11.4. The average molecular weight is 1550 g/mol. The second-order valence-corrected chi connectivity index (χ2v) is 33.6. The maximum absolute atomic E-state index is 14.9. The lowest BCUT2D eigenvalue weighted by molar-refractivity contribution is -0.145. The van der Waals surface area contributed by atoms with E-state index in [0.717, 1.165) is 122 Å². The van der Waals surface area contributed by atoms with Crippen LogP contribution in [0.3, 0.4) is 0 Å². The van der Waals surface area contributed by atoms with Crippen LogP contribution >= 0.6 is 22.7 Å². The fourth-order valence-electron chi connectivity index (χ4n) is 17.1. The highest BCUT2D eigenvalue weighted by Gasteiger charge is 2.40. The summed E-state index contributed by atoms with van der Waals surface area (Å²) in [6, 6.07) is 20.5. The zero-order valence-electron chi connectivity index (χ0n) is 62.6. The summed E-state index contributed by atoms with van der Waals surface area (Å²) in [5, 5.41) is 35.4. The van der Waals surface area contributed by atoms with Crippen molar-refractivity contribution in [1.29, 1.82) is 0 Å². The van der Waals surface area contributed by atoms with Crippen molar-refractivity contribution in [1.82, 2.24) is 63.6 Å². The SMILES string of the molecule is CN(CC#Cc1cccc2c1n(C)c(=O)n2C1CCC(=O)NC1=O)CC1CCC(c2nc3cc(C(C)(C)O)c(NC(=O)c4ncccc4-c4cc(C(=O)Nc5cc6sc(C7CCC(CN8CCC(c9cccc%10c9n(C)c(=O)n%10C9CCC(=O)NC9=O)CC8)CC7)nc6cc5C(C)(C)O)nc(C(F)(F)F)n4)cc3s2)CC1. The number of likely N-dealkylation sites (tertiary alicyclic amines) is 1. The summed E-state index contributed by atoms with van der Waals surface area (Å²) in [4.78, 5) is 132. The first kappa shape index (κ1) is 76.2. The van der Waals surface area contributed by atoms with E-state index in [-0.39, 0.29) is 94.8 Å². The molecular weight excluding hydrogens is 1460 g/mol. The highest BCUT2D eigenvalue weighted by Crippen LogP contribution is 2.45. The number of imidazole rings is 2. The number of alkyl halides is 3. The summed E-state index contributed by atoms with van der Waals surface area (Å²) < 4.78 is 52.4. The Labute approximate surface area is 644 Å². The summed E-state index contributed by atoms with van der Waals surface area (Å²) in [7, 11) is 5.42. The lowest BCUT2D eigenvalue weighted by atomic mass is 9.81. The monoisotopic (exact) mass is 1550 g/mol. The second-order valence-electron chi connectivity index (χ2n) is 31.5. The zero-order valence-corrected chi connectivity index (χ0v) is 64.2. The van der Waals surface area contributed by atoms with Gasteiger partial charge in [-0.1, -0.05) is 30.0 Å². The number of thiazole rings is 2. The summed E-state index contributed by atoms with van der Waals surface area (Å²) in [5.41, 5.74) is 1.33. The number of amides is 6. The van der Waals surface area contributed by atoms with E-state index >= 15 is 0 Å². The predicted molar refractivity (Wildman–Crippen MR) is 415 cm³/mol. The minimum atomic E-state index is -5.15. The number of halogens is 3. The van der Waals surface area contributed by atoms with Gasteiger partial charge in [0.15, 0.2) is 0 Å². The van der Waals surface area contributed by atoms with Gasteiger partial charge in [-0.05, 0) is 209 Å². The molecule has 3 aliphatic heterocycles. The van der Waals surface area contributed by atoms with E-state index in [1.54, 1.807) is 68.9 Å². The van der Waals surface area contributed by atoms with Crippen LogP contribution < -0.4 is 32.6 Å². The molecule has 3 saturated heterocycles. The molecule has 15 rings (SSSR count). The Kier molecular flexibility index (Phi) is 20.7. The third-order valence-corrected chi connectivity index (χ3v) is 25.1. The molecule has 6 aromatic heterocycles. The molecule has 2 aliphatic carbocycles. The Hall–Kier alpha value is -10.2. The Bertz CT molecular complexity index is 5610.